The molecule has 0 aliphatic carbocycles. The van der Waals surface area contributed by atoms with Crippen molar-refractivity contribution in [2.24, 2.45) is 5.92 Å². The minimum Gasteiger partial charge on any atom is -0.339 e. The molecule has 1 aromatic rings. The van der Waals surface area contributed by atoms with Crippen molar-refractivity contribution in [1.82, 2.24) is 15.5 Å². The Morgan fingerprint density at radius 3 is 2.60 bits per heavy atom. The van der Waals surface area contributed by atoms with Crippen molar-refractivity contribution in [2.75, 3.05) is 6.54 Å². The van der Waals surface area contributed by atoms with Gasteiger partial charge in [0.2, 0.25) is 5.89 Å². The quantitative estimate of drug-likeness (QED) is 0.779. The minimum absolute atomic E-state index is 0.503. The Kier molecular flexibility index (Phi) is 4.75. The standard InChI is InChI=1S/C11H21N3O/c1-8(2)7-10-13-11(15-14-10)5-6-12-9(3)4/h8-9,12H,5-7H2,1-4H3. The van der Waals surface area contributed by atoms with Crippen LogP contribution in [0.1, 0.15) is 39.4 Å². The summed E-state index contributed by atoms with van der Waals surface area (Å²) in [6, 6.07) is 0.503. The van der Waals surface area contributed by atoms with Gasteiger partial charge in [-0.05, 0) is 5.92 Å². The van der Waals surface area contributed by atoms with Crippen molar-refractivity contribution in [2.45, 2.75) is 46.6 Å². The Balaban J connectivity index is 2.33. The number of aromatic nitrogens is 2. The van der Waals surface area contributed by atoms with Gasteiger partial charge in [-0.3, -0.25) is 0 Å². The number of hydrogen-bond donors (Lipinski definition) is 1. The maximum atomic E-state index is 5.15. The largest absolute Gasteiger partial charge is 0.339 e. The van der Waals surface area contributed by atoms with Crippen molar-refractivity contribution < 1.29 is 4.52 Å². The third-order valence-corrected chi connectivity index (χ3v) is 1.99. The van der Waals surface area contributed by atoms with Crippen LogP contribution in [0.3, 0.4) is 0 Å². The molecule has 4 nitrogen and oxygen atoms in total. The highest BCUT2D eigenvalue weighted by atomic mass is 16.5. The van der Waals surface area contributed by atoms with E-state index in [2.05, 4.69) is 43.2 Å². The molecule has 0 aliphatic heterocycles. The molecule has 0 saturated heterocycles. The molecule has 0 unspecified atom stereocenters. The van der Waals surface area contributed by atoms with Crippen LogP contribution >= 0.6 is 0 Å². The fraction of sp³-hybridized carbons (Fsp3) is 0.818. The summed E-state index contributed by atoms with van der Waals surface area (Å²) < 4.78 is 5.15. The number of rotatable bonds is 6. The first-order valence-electron chi connectivity index (χ1n) is 5.62. The monoisotopic (exact) mass is 211 g/mol. The predicted molar refractivity (Wildman–Crippen MR) is 59.7 cm³/mol. The molecule has 1 heterocycles. The SMILES string of the molecule is CC(C)Cc1noc(CCNC(C)C)n1. The maximum Gasteiger partial charge on any atom is 0.227 e. The average Bonchev–Trinajstić information content (AvgIpc) is 2.50. The van der Waals surface area contributed by atoms with E-state index in [1.165, 1.54) is 0 Å². The maximum absolute atomic E-state index is 5.15. The molecule has 0 aromatic carbocycles. The zero-order chi connectivity index (χ0) is 11.3. The molecule has 0 amide bonds. The van der Waals surface area contributed by atoms with Gasteiger partial charge in [-0.15, -0.1) is 0 Å². The van der Waals surface area contributed by atoms with Gasteiger partial charge in [-0.1, -0.05) is 32.9 Å². The summed E-state index contributed by atoms with van der Waals surface area (Å²) in [5, 5.41) is 7.26. The van der Waals surface area contributed by atoms with Gasteiger partial charge in [0.05, 0.1) is 0 Å². The van der Waals surface area contributed by atoms with Gasteiger partial charge >= 0.3 is 0 Å². The van der Waals surface area contributed by atoms with Crippen LogP contribution in [-0.4, -0.2) is 22.7 Å². The molecule has 0 aliphatic rings. The molecular formula is C11H21N3O. The lowest BCUT2D eigenvalue weighted by molar-refractivity contribution is 0.367. The van der Waals surface area contributed by atoms with Gasteiger partial charge in [0.25, 0.3) is 0 Å². The molecule has 15 heavy (non-hydrogen) atoms. The summed E-state index contributed by atoms with van der Waals surface area (Å²) in [6.07, 6.45) is 1.70. The van der Waals surface area contributed by atoms with Crippen LogP contribution in [0.15, 0.2) is 4.52 Å². The number of nitrogens with one attached hydrogen (secondary N) is 1. The summed E-state index contributed by atoms with van der Waals surface area (Å²) in [4.78, 5) is 4.33. The van der Waals surface area contributed by atoms with Crippen molar-refractivity contribution in [1.29, 1.82) is 0 Å². The second kappa shape index (κ2) is 5.85. The zero-order valence-corrected chi connectivity index (χ0v) is 10.1. The second-order valence-electron chi connectivity index (χ2n) is 4.56. The lowest BCUT2D eigenvalue weighted by atomic mass is 10.1. The molecule has 1 aromatic heterocycles. The van der Waals surface area contributed by atoms with Crippen LogP contribution in [-0.2, 0) is 12.8 Å². The topological polar surface area (TPSA) is 51.0 Å². The van der Waals surface area contributed by atoms with Crippen molar-refractivity contribution in [3.8, 4) is 0 Å². The first-order chi connectivity index (χ1) is 7.08. The van der Waals surface area contributed by atoms with E-state index < -0.39 is 0 Å². The van der Waals surface area contributed by atoms with E-state index >= 15 is 0 Å². The molecule has 4 heteroatoms. The van der Waals surface area contributed by atoms with Gasteiger partial charge in [0.15, 0.2) is 5.82 Å². The number of nitrogens with zero attached hydrogens (tertiary/aromatic N) is 2. The van der Waals surface area contributed by atoms with Crippen molar-refractivity contribution in [3.63, 3.8) is 0 Å². The summed E-state index contributed by atoms with van der Waals surface area (Å²) in [7, 11) is 0. The Labute approximate surface area is 91.5 Å². The highest BCUT2D eigenvalue weighted by Gasteiger charge is 2.07. The second-order valence-corrected chi connectivity index (χ2v) is 4.56. The molecule has 1 N–H and O–H groups in total. The van der Waals surface area contributed by atoms with Gasteiger partial charge < -0.3 is 9.84 Å². The van der Waals surface area contributed by atoms with Crippen molar-refractivity contribution in [3.05, 3.63) is 11.7 Å². The molecular weight excluding hydrogens is 190 g/mol. The van der Waals surface area contributed by atoms with Crippen molar-refractivity contribution >= 4 is 0 Å². The van der Waals surface area contributed by atoms with E-state index in [0.29, 0.717) is 12.0 Å². The van der Waals surface area contributed by atoms with E-state index in [0.717, 1.165) is 31.1 Å². The van der Waals surface area contributed by atoms with E-state index in [9.17, 15) is 0 Å². The predicted octanol–water partition coefficient (Wildman–Crippen LogP) is 1.81. The first kappa shape index (κ1) is 12.2. The third-order valence-electron chi connectivity index (χ3n) is 1.99. The van der Waals surface area contributed by atoms with E-state index in [-0.39, 0.29) is 0 Å². The van der Waals surface area contributed by atoms with Crippen LogP contribution in [0, 0.1) is 5.92 Å². The van der Waals surface area contributed by atoms with Gasteiger partial charge in [0, 0.05) is 25.4 Å². The summed E-state index contributed by atoms with van der Waals surface area (Å²) in [6.45, 7) is 9.43. The van der Waals surface area contributed by atoms with Crippen LogP contribution in [0.5, 0.6) is 0 Å². The minimum atomic E-state index is 0.503. The highest BCUT2D eigenvalue weighted by molar-refractivity contribution is 4.87. The lowest BCUT2D eigenvalue weighted by Gasteiger charge is -2.04. The zero-order valence-electron chi connectivity index (χ0n) is 10.1. The van der Waals surface area contributed by atoms with Crippen LogP contribution in [0.2, 0.25) is 0 Å². The molecule has 0 bridgehead atoms. The highest BCUT2D eigenvalue weighted by Crippen LogP contribution is 2.04. The molecule has 1 rings (SSSR count). The Bertz CT molecular complexity index is 281. The first-order valence-corrected chi connectivity index (χ1v) is 5.62. The third kappa shape index (κ3) is 4.93. The smallest absolute Gasteiger partial charge is 0.227 e. The molecule has 0 spiro atoms. The molecule has 0 fully saturated rings. The van der Waals surface area contributed by atoms with E-state index in [1.807, 2.05) is 0 Å². The van der Waals surface area contributed by atoms with Crippen LogP contribution in [0.25, 0.3) is 0 Å². The Morgan fingerprint density at radius 2 is 2.00 bits per heavy atom. The molecule has 86 valence electrons. The fourth-order valence-corrected chi connectivity index (χ4v) is 1.31. The van der Waals surface area contributed by atoms with Gasteiger partial charge in [0.1, 0.15) is 0 Å². The Morgan fingerprint density at radius 1 is 1.27 bits per heavy atom. The lowest BCUT2D eigenvalue weighted by Crippen LogP contribution is -2.25. The number of hydrogen-bond acceptors (Lipinski definition) is 4. The molecule has 0 radical (unpaired) electrons. The Hall–Kier alpha value is -0.900. The average molecular weight is 211 g/mol. The van der Waals surface area contributed by atoms with Crippen LogP contribution < -0.4 is 5.32 Å². The van der Waals surface area contributed by atoms with Crippen LogP contribution in [0.4, 0.5) is 0 Å². The fourth-order valence-electron chi connectivity index (χ4n) is 1.31. The normalized spacial score (nSPS) is 11.6. The molecule has 0 atom stereocenters. The van der Waals surface area contributed by atoms with E-state index in [4.69, 9.17) is 4.52 Å². The summed E-state index contributed by atoms with van der Waals surface area (Å²) >= 11 is 0. The van der Waals surface area contributed by atoms with Gasteiger partial charge in [-0.25, -0.2) is 0 Å². The van der Waals surface area contributed by atoms with E-state index in [1.54, 1.807) is 0 Å². The summed E-state index contributed by atoms with van der Waals surface area (Å²) in [5.74, 6) is 2.13. The molecule has 0 saturated carbocycles. The van der Waals surface area contributed by atoms with Gasteiger partial charge in [-0.2, -0.15) is 4.98 Å². The summed E-state index contributed by atoms with van der Waals surface area (Å²) in [5.41, 5.74) is 0.